The maximum atomic E-state index is 5.88. The molecule has 3 aliphatic rings. The Kier molecular flexibility index (Phi) is 3.96. The maximum absolute atomic E-state index is 5.88. The zero-order chi connectivity index (χ0) is 17.7. The number of nitrogens with zero attached hydrogens (tertiary/aromatic N) is 5. The quantitative estimate of drug-likeness (QED) is 0.823. The highest BCUT2D eigenvalue weighted by Gasteiger charge is 2.41. The molecule has 0 N–H and O–H groups in total. The first-order chi connectivity index (χ1) is 12.7. The van der Waals surface area contributed by atoms with E-state index in [1.807, 2.05) is 6.20 Å². The lowest BCUT2D eigenvalue weighted by Gasteiger charge is -2.21. The molecule has 0 aromatic carbocycles. The normalized spacial score (nSPS) is 26.0. The van der Waals surface area contributed by atoms with Gasteiger partial charge in [0.15, 0.2) is 0 Å². The Bertz CT molecular complexity index is 770. The molecule has 26 heavy (non-hydrogen) atoms. The summed E-state index contributed by atoms with van der Waals surface area (Å²) in [5.41, 5.74) is 1.23. The molecule has 1 saturated carbocycles. The molecule has 2 saturated heterocycles. The van der Waals surface area contributed by atoms with Crippen LogP contribution in [0.3, 0.4) is 0 Å². The van der Waals surface area contributed by atoms with E-state index in [-0.39, 0.29) is 0 Å². The molecule has 1 aliphatic carbocycles. The topological polar surface area (TPSA) is 58.3 Å². The molecule has 0 radical (unpaired) electrons. The van der Waals surface area contributed by atoms with Crippen molar-refractivity contribution in [3.8, 4) is 0 Å². The van der Waals surface area contributed by atoms with Crippen molar-refractivity contribution in [1.29, 1.82) is 0 Å². The van der Waals surface area contributed by atoms with Gasteiger partial charge in [-0.2, -0.15) is 0 Å². The van der Waals surface area contributed by atoms with E-state index in [9.17, 15) is 0 Å². The fourth-order valence-electron chi connectivity index (χ4n) is 4.40. The third kappa shape index (κ3) is 3.11. The standard InChI is InChI=1S/C20H27N5O/c1-13(2)18-6-21-20(26-18)11-24-7-15-9-25(10-16(15)8-24)19-5-17(14-3-4-14)22-12-23-19/h5-6,12-16H,3-4,7-11H2,1-2H3. The smallest absolute Gasteiger partial charge is 0.208 e. The number of oxazole rings is 1. The predicted octanol–water partition coefficient (Wildman–Crippen LogP) is 3.03. The molecule has 0 bridgehead atoms. The third-order valence-electron chi connectivity index (χ3n) is 6.05. The summed E-state index contributed by atoms with van der Waals surface area (Å²) in [7, 11) is 0. The van der Waals surface area contributed by atoms with Crippen molar-refractivity contribution < 1.29 is 4.42 Å². The Morgan fingerprint density at radius 2 is 1.85 bits per heavy atom. The molecule has 2 aromatic heterocycles. The Balaban J connectivity index is 1.20. The van der Waals surface area contributed by atoms with Gasteiger partial charge in [-0.25, -0.2) is 15.0 Å². The molecule has 2 unspecified atom stereocenters. The second-order valence-electron chi connectivity index (χ2n) is 8.51. The minimum atomic E-state index is 0.399. The van der Waals surface area contributed by atoms with Crippen LogP contribution in [0.2, 0.25) is 0 Å². The molecule has 2 atom stereocenters. The van der Waals surface area contributed by atoms with E-state index in [4.69, 9.17) is 4.42 Å². The van der Waals surface area contributed by atoms with Gasteiger partial charge in [-0.1, -0.05) is 13.8 Å². The minimum absolute atomic E-state index is 0.399. The molecule has 0 amide bonds. The van der Waals surface area contributed by atoms with Crippen LogP contribution in [0.25, 0.3) is 0 Å². The van der Waals surface area contributed by atoms with Gasteiger partial charge in [-0.05, 0) is 24.7 Å². The number of anilines is 1. The summed E-state index contributed by atoms with van der Waals surface area (Å²) in [6.45, 7) is 9.57. The maximum Gasteiger partial charge on any atom is 0.208 e. The molecule has 2 aromatic rings. The summed E-state index contributed by atoms with van der Waals surface area (Å²) in [6, 6.07) is 2.22. The van der Waals surface area contributed by atoms with Crippen molar-refractivity contribution in [3.05, 3.63) is 35.9 Å². The van der Waals surface area contributed by atoms with Gasteiger partial charge >= 0.3 is 0 Å². The van der Waals surface area contributed by atoms with Crippen LogP contribution in [-0.2, 0) is 6.54 Å². The number of fused-ring (bicyclic) bond motifs is 1. The van der Waals surface area contributed by atoms with Gasteiger partial charge in [-0.15, -0.1) is 0 Å². The Labute approximate surface area is 154 Å². The van der Waals surface area contributed by atoms with Crippen molar-refractivity contribution in [1.82, 2.24) is 19.9 Å². The fraction of sp³-hybridized carbons (Fsp3) is 0.650. The SMILES string of the molecule is CC(C)c1cnc(CN2CC3CN(c4cc(C5CC5)ncn4)CC3C2)o1. The summed E-state index contributed by atoms with van der Waals surface area (Å²) in [5.74, 6) is 5.48. The molecule has 0 spiro atoms. The highest BCUT2D eigenvalue weighted by atomic mass is 16.4. The van der Waals surface area contributed by atoms with Crippen molar-refractivity contribution in [2.24, 2.45) is 11.8 Å². The van der Waals surface area contributed by atoms with Gasteiger partial charge in [0, 0.05) is 49.8 Å². The van der Waals surface area contributed by atoms with Crippen molar-refractivity contribution in [3.63, 3.8) is 0 Å². The average Bonchev–Trinajstić information content (AvgIpc) is 3.06. The van der Waals surface area contributed by atoms with Gasteiger partial charge in [0.25, 0.3) is 0 Å². The predicted molar refractivity (Wildman–Crippen MR) is 99.1 cm³/mol. The average molecular weight is 353 g/mol. The Hall–Kier alpha value is -1.95. The van der Waals surface area contributed by atoms with Crippen molar-refractivity contribution in [2.75, 3.05) is 31.1 Å². The molecule has 3 fully saturated rings. The lowest BCUT2D eigenvalue weighted by Crippen LogP contribution is -2.29. The van der Waals surface area contributed by atoms with Crippen LogP contribution in [-0.4, -0.2) is 46.0 Å². The van der Waals surface area contributed by atoms with Gasteiger partial charge < -0.3 is 9.32 Å². The lowest BCUT2D eigenvalue weighted by atomic mass is 10.0. The van der Waals surface area contributed by atoms with E-state index < -0.39 is 0 Å². The largest absolute Gasteiger partial charge is 0.444 e. The van der Waals surface area contributed by atoms with E-state index in [2.05, 4.69) is 44.7 Å². The van der Waals surface area contributed by atoms with Gasteiger partial charge in [-0.3, -0.25) is 4.90 Å². The van der Waals surface area contributed by atoms with E-state index in [0.717, 1.165) is 50.2 Å². The minimum Gasteiger partial charge on any atom is -0.444 e. The summed E-state index contributed by atoms with van der Waals surface area (Å²) in [6.07, 6.45) is 6.20. The van der Waals surface area contributed by atoms with Gasteiger partial charge in [0.2, 0.25) is 5.89 Å². The molecule has 2 aliphatic heterocycles. The molecule has 6 heteroatoms. The number of hydrogen-bond donors (Lipinski definition) is 0. The molecule has 138 valence electrons. The van der Waals surface area contributed by atoms with E-state index in [1.54, 1.807) is 6.33 Å². The first kappa shape index (κ1) is 16.2. The van der Waals surface area contributed by atoms with Crippen LogP contribution >= 0.6 is 0 Å². The third-order valence-corrected chi connectivity index (χ3v) is 6.05. The van der Waals surface area contributed by atoms with E-state index in [1.165, 1.54) is 18.5 Å². The highest BCUT2D eigenvalue weighted by molar-refractivity contribution is 5.42. The Morgan fingerprint density at radius 3 is 2.50 bits per heavy atom. The van der Waals surface area contributed by atoms with Crippen molar-refractivity contribution >= 4 is 5.82 Å². The number of rotatable bonds is 5. The van der Waals surface area contributed by atoms with Gasteiger partial charge in [0.05, 0.1) is 12.7 Å². The summed E-state index contributed by atoms with van der Waals surface area (Å²) < 4.78 is 5.88. The number of hydrogen-bond acceptors (Lipinski definition) is 6. The first-order valence-electron chi connectivity index (χ1n) is 9.89. The fourth-order valence-corrected chi connectivity index (χ4v) is 4.40. The van der Waals surface area contributed by atoms with Crippen LogP contribution in [0.1, 0.15) is 55.9 Å². The van der Waals surface area contributed by atoms with E-state index >= 15 is 0 Å². The molecular formula is C20H27N5O. The number of likely N-dealkylation sites (tertiary alicyclic amines) is 1. The van der Waals surface area contributed by atoms with E-state index in [0.29, 0.717) is 23.7 Å². The van der Waals surface area contributed by atoms with Crippen LogP contribution in [0.4, 0.5) is 5.82 Å². The highest BCUT2D eigenvalue weighted by Crippen LogP contribution is 2.40. The zero-order valence-corrected chi connectivity index (χ0v) is 15.6. The lowest BCUT2D eigenvalue weighted by molar-refractivity contribution is 0.269. The molecule has 4 heterocycles. The second kappa shape index (κ2) is 6.34. The second-order valence-corrected chi connectivity index (χ2v) is 8.51. The monoisotopic (exact) mass is 353 g/mol. The summed E-state index contributed by atoms with van der Waals surface area (Å²) >= 11 is 0. The van der Waals surface area contributed by atoms with Crippen LogP contribution in [0.5, 0.6) is 0 Å². The van der Waals surface area contributed by atoms with Gasteiger partial charge in [0.1, 0.15) is 17.9 Å². The van der Waals surface area contributed by atoms with Crippen LogP contribution in [0, 0.1) is 11.8 Å². The molecule has 6 nitrogen and oxygen atoms in total. The number of aromatic nitrogens is 3. The van der Waals surface area contributed by atoms with Crippen LogP contribution < -0.4 is 4.90 Å². The molecular weight excluding hydrogens is 326 g/mol. The Morgan fingerprint density at radius 1 is 1.08 bits per heavy atom. The van der Waals surface area contributed by atoms with Crippen LogP contribution in [0.15, 0.2) is 23.0 Å². The summed E-state index contributed by atoms with van der Waals surface area (Å²) in [5, 5.41) is 0. The zero-order valence-electron chi connectivity index (χ0n) is 15.6. The first-order valence-corrected chi connectivity index (χ1v) is 9.89. The molecule has 5 rings (SSSR count). The summed E-state index contributed by atoms with van der Waals surface area (Å²) in [4.78, 5) is 18.4. The van der Waals surface area contributed by atoms with Crippen molar-refractivity contribution in [2.45, 2.75) is 45.1 Å².